The number of carbonyl (C=O) groups is 2. The lowest BCUT2D eigenvalue weighted by Crippen LogP contribution is -2.45. The van der Waals surface area contributed by atoms with Gasteiger partial charge in [0.1, 0.15) is 0 Å². The Balaban J connectivity index is 2.34. The molecule has 5 nitrogen and oxygen atoms in total. The first-order valence-corrected chi connectivity index (χ1v) is 6.30. The summed E-state index contributed by atoms with van der Waals surface area (Å²) in [5.74, 6) is -1.24. The van der Waals surface area contributed by atoms with E-state index in [4.69, 9.17) is 10.8 Å². The first-order valence-electron chi connectivity index (χ1n) is 6.30. The minimum atomic E-state index is -0.939. The van der Waals surface area contributed by atoms with Crippen molar-refractivity contribution in [3.8, 4) is 0 Å². The van der Waals surface area contributed by atoms with E-state index in [9.17, 15) is 9.59 Å². The molecule has 5 heteroatoms. The van der Waals surface area contributed by atoms with Gasteiger partial charge in [0, 0.05) is 6.04 Å². The Kier molecular flexibility index (Phi) is 6.02. The summed E-state index contributed by atoms with van der Waals surface area (Å²) in [6.45, 7) is 1.65. The van der Waals surface area contributed by atoms with Crippen LogP contribution in [0.3, 0.4) is 0 Å². The molecule has 0 saturated carbocycles. The summed E-state index contributed by atoms with van der Waals surface area (Å²) >= 11 is 0. The molecule has 0 aliphatic heterocycles. The van der Waals surface area contributed by atoms with Crippen LogP contribution in [0.5, 0.6) is 0 Å². The summed E-state index contributed by atoms with van der Waals surface area (Å²) in [7, 11) is 0. The lowest BCUT2D eigenvalue weighted by atomic mass is 10.0. The van der Waals surface area contributed by atoms with E-state index in [1.807, 2.05) is 30.3 Å². The summed E-state index contributed by atoms with van der Waals surface area (Å²) in [5, 5.41) is 11.2. The second kappa shape index (κ2) is 7.53. The van der Waals surface area contributed by atoms with Crippen LogP contribution in [0, 0.1) is 0 Å². The molecule has 0 radical (unpaired) electrons. The third-order valence-corrected chi connectivity index (χ3v) is 2.79. The Labute approximate surface area is 112 Å². The largest absolute Gasteiger partial charge is 0.481 e. The van der Waals surface area contributed by atoms with Crippen LogP contribution in [-0.2, 0) is 16.0 Å². The van der Waals surface area contributed by atoms with Gasteiger partial charge in [-0.1, -0.05) is 30.3 Å². The van der Waals surface area contributed by atoms with E-state index in [-0.39, 0.29) is 12.3 Å². The molecule has 0 aliphatic carbocycles. The maximum absolute atomic E-state index is 11.7. The van der Waals surface area contributed by atoms with Crippen LogP contribution in [-0.4, -0.2) is 29.1 Å². The topological polar surface area (TPSA) is 92.4 Å². The highest BCUT2D eigenvalue weighted by molar-refractivity contribution is 5.82. The SMILES string of the molecule is CC(CC(=O)O)NC(=O)C(N)CCc1ccccc1. The molecule has 2 unspecified atom stereocenters. The summed E-state index contributed by atoms with van der Waals surface area (Å²) in [5.41, 5.74) is 6.91. The van der Waals surface area contributed by atoms with E-state index < -0.39 is 18.1 Å². The fourth-order valence-corrected chi connectivity index (χ4v) is 1.76. The minimum Gasteiger partial charge on any atom is -0.481 e. The molecule has 1 aromatic rings. The number of nitrogens with two attached hydrogens (primary N) is 1. The maximum atomic E-state index is 11.7. The molecule has 0 aliphatic rings. The van der Waals surface area contributed by atoms with E-state index in [0.29, 0.717) is 6.42 Å². The highest BCUT2D eigenvalue weighted by Crippen LogP contribution is 2.04. The van der Waals surface area contributed by atoms with Crippen LogP contribution in [0.25, 0.3) is 0 Å². The standard InChI is InChI=1S/C14H20N2O3/c1-10(9-13(17)18)16-14(19)12(15)8-7-11-5-3-2-4-6-11/h2-6,10,12H,7-9,15H2,1H3,(H,16,19)(H,17,18). The van der Waals surface area contributed by atoms with Crippen LogP contribution in [0.1, 0.15) is 25.3 Å². The predicted molar refractivity (Wildman–Crippen MR) is 72.6 cm³/mol. The number of carboxylic acids is 1. The third-order valence-electron chi connectivity index (χ3n) is 2.79. The van der Waals surface area contributed by atoms with E-state index >= 15 is 0 Å². The number of benzene rings is 1. The van der Waals surface area contributed by atoms with Crippen molar-refractivity contribution in [3.63, 3.8) is 0 Å². The first kappa shape index (κ1) is 15.2. The van der Waals surface area contributed by atoms with Gasteiger partial charge in [-0.3, -0.25) is 9.59 Å². The number of aliphatic carboxylic acids is 1. The Bertz CT molecular complexity index is 420. The second-order valence-electron chi connectivity index (χ2n) is 4.64. The highest BCUT2D eigenvalue weighted by Gasteiger charge is 2.17. The monoisotopic (exact) mass is 264 g/mol. The van der Waals surface area contributed by atoms with E-state index in [1.54, 1.807) is 6.92 Å². The lowest BCUT2D eigenvalue weighted by Gasteiger charge is -2.16. The average Bonchev–Trinajstić information content (AvgIpc) is 2.36. The van der Waals surface area contributed by atoms with E-state index in [1.165, 1.54) is 0 Å². The van der Waals surface area contributed by atoms with Crippen molar-refractivity contribution in [1.82, 2.24) is 5.32 Å². The van der Waals surface area contributed by atoms with Gasteiger partial charge in [0.25, 0.3) is 0 Å². The van der Waals surface area contributed by atoms with Gasteiger partial charge in [-0.15, -0.1) is 0 Å². The van der Waals surface area contributed by atoms with Gasteiger partial charge < -0.3 is 16.2 Å². The third kappa shape index (κ3) is 6.01. The molecule has 1 amide bonds. The number of carbonyl (C=O) groups excluding carboxylic acids is 1. The molecule has 0 aromatic heterocycles. The number of hydrogen-bond acceptors (Lipinski definition) is 3. The second-order valence-corrected chi connectivity index (χ2v) is 4.64. The molecule has 104 valence electrons. The Morgan fingerprint density at radius 1 is 1.32 bits per heavy atom. The van der Waals surface area contributed by atoms with Gasteiger partial charge in [-0.25, -0.2) is 0 Å². The molecule has 4 N–H and O–H groups in total. The number of carboxylic acid groups (broad SMARTS) is 1. The van der Waals surface area contributed by atoms with Crippen LogP contribution >= 0.6 is 0 Å². The summed E-state index contributed by atoms with van der Waals surface area (Å²) in [6, 6.07) is 8.76. The van der Waals surface area contributed by atoms with Crippen molar-refractivity contribution in [2.24, 2.45) is 5.73 Å². The van der Waals surface area contributed by atoms with Gasteiger partial charge in [-0.05, 0) is 25.3 Å². The zero-order valence-corrected chi connectivity index (χ0v) is 11.0. The molecular formula is C14H20N2O3. The molecule has 0 fully saturated rings. The highest BCUT2D eigenvalue weighted by atomic mass is 16.4. The number of hydrogen-bond donors (Lipinski definition) is 3. The Morgan fingerprint density at radius 3 is 2.53 bits per heavy atom. The van der Waals surface area contributed by atoms with Gasteiger partial charge in [0.2, 0.25) is 5.91 Å². The summed E-state index contributed by atoms with van der Waals surface area (Å²) < 4.78 is 0. The van der Waals surface area contributed by atoms with E-state index in [0.717, 1.165) is 12.0 Å². The van der Waals surface area contributed by atoms with Crippen molar-refractivity contribution in [2.45, 2.75) is 38.3 Å². The predicted octanol–water partition coefficient (Wildman–Crippen LogP) is 0.926. The lowest BCUT2D eigenvalue weighted by molar-refractivity contribution is -0.137. The van der Waals surface area contributed by atoms with Crippen molar-refractivity contribution >= 4 is 11.9 Å². The zero-order valence-electron chi connectivity index (χ0n) is 11.0. The molecular weight excluding hydrogens is 244 g/mol. The van der Waals surface area contributed by atoms with Crippen LogP contribution in [0.15, 0.2) is 30.3 Å². The fourth-order valence-electron chi connectivity index (χ4n) is 1.76. The number of amides is 1. The molecule has 0 spiro atoms. The van der Waals surface area contributed by atoms with E-state index in [2.05, 4.69) is 5.32 Å². The van der Waals surface area contributed by atoms with Gasteiger partial charge in [0.05, 0.1) is 12.5 Å². The molecule has 0 heterocycles. The molecule has 1 rings (SSSR count). The maximum Gasteiger partial charge on any atom is 0.305 e. The average molecular weight is 264 g/mol. The van der Waals surface area contributed by atoms with Gasteiger partial charge >= 0.3 is 5.97 Å². The minimum absolute atomic E-state index is 0.100. The molecule has 1 aromatic carbocycles. The number of aryl methyl sites for hydroxylation is 1. The van der Waals surface area contributed by atoms with Crippen molar-refractivity contribution in [3.05, 3.63) is 35.9 Å². The zero-order chi connectivity index (χ0) is 14.3. The Morgan fingerprint density at radius 2 is 1.95 bits per heavy atom. The molecule has 0 bridgehead atoms. The van der Waals surface area contributed by atoms with Gasteiger partial charge in [-0.2, -0.15) is 0 Å². The van der Waals surface area contributed by atoms with Crippen LogP contribution < -0.4 is 11.1 Å². The van der Waals surface area contributed by atoms with Crippen LogP contribution in [0.2, 0.25) is 0 Å². The van der Waals surface area contributed by atoms with Crippen LogP contribution in [0.4, 0.5) is 0 Å². The summed E-state index contributed by atoms with van der Waals surface area (Å²) in [6.07, 6.45) is 1.16. The first-order chi connectivity index (χ1) is 8.99. The van der Waals surface area contributed by atoms with Crippen molar-refractivity contribution in [1.29, 1.82) is 0 Å². The quantitative estimate of drug-likeness (QED) is 0.683. The van der Waals surface area contributed by atoms with Crippen molar-refractivity contribution in [2.75, 3.05) is 0 Å². The number of rotatable bonds is 7. The molecule has 2 atom stereocenters. The number of nitrogens with one attached hydrogen (secondary N) is 1. The van der Waals surface area contributed by atoms with Gasteiger partial charge in [0.15, 0.2) is 0 Å². The normalized spacial score (nSPS) is 13.6. The summed E-state index contributed by atoms with van der Waals surface area (Å²) in [4.78, 5) is 22.2. The van der Waals surface area contributed by atoms with Crippen molar-refractivity contribution < 1.29 is 14.7 Å². The fraction of sp³-hybridized carbons (Fsp3) is 0.429. The smallest absolute Gasteiger partial charge is 0.305 e. The molecule has 0 saturated heterocycles. The molecule has 19 heavy (non-hydrogen) atoms. The Hall–Kier alpha value is -1.88.